The Labute approximate surface area is 144 Å². The summed E-state index contributed by atoms with van der Waals surface area (Å²) in [5, 5.41) is 20.0. The zero-order chi connectivity index (χ0) is 18.1. The van der Waals surface area contributed by atoms with Crippen molar-refractivity contribution in [1.29, 1.82) is 0 Å². The first kappa shape index (κ1) is 18.5. The zero-order valence-electron chi connectivity index (χ0n) is 15.4. The lowest BCUT2D eigenvalue weighted by Gasteiger charge is -2.20. The van der Waals surface area contributed by atoms with E-state index in [4.69, 9.17) is 0 Å². The normalized spacial score (nSPS) is 12.1. The van der Waals surface area contributed by atoms with Crippen LogP contribution >= 0.6 is 0 Å². The van der Waals surface area contributed by atoms with Crippen LogP contribution in [-0.2, 0) is 18.4 Å². The molecule has 0 spiro atoms. The molecule has 2 rings (SSSR count). The third-order valence-corrected chi connectivity index (χ3v) is 4.68. The monoisotopic (exact) mass is 331 g/mol. The van der Waals surface area contributed by atoms with Gasteiger partial charge < -0.3 is 14.8 Å². The number of carbonyl (C=O) groups is 1. The standard InChI is InChI=1S/C20H29NO3/c1-6-8-15-13(2)21(9-7-10-22)18-16(15)11-14(20(3,4)5)12-17(18)19(23)24/h11-12,22H,6-10H2,1-5H3,(H,23,24). The average Bonchev–Trinajstić information content (AvgIpc) is 2.76. The second-order valence-corrected chi connectivity index (χ2v) is 7.52. The molecular weight excluding hydrogens is 302 g/mol. The predicted molar refractivity (Wildman–Crippen MR) is 98.0 cm³/mol. The van der Waals surface area contributed by atoms with Crippen molar-refractivity contribution in [3.63, 3.8) is 0 Å². The summed E-state index contributed by atoms with van der Waals surface area (Å²) in [6.45, 7) is 11.3. The van der Waals surface area contributed by atoms with Gasteiger partial charge in [0.25, 0.3) is 0 Å². The van der Waals surface area contributed by atoms with E-state index in [1.807, 2.05) is 6.07 Å². The first-order chi connectivity index (χ1) is 11.2. The number of hydrogen-bond donors (Lipinski definition) is 2. The minimum absolute atomic E-state index is 0.102. The molecule has 0 saturated carbocycles. The van der Waals surface area contributed by atoms with Gasteiger partial charge in [-0.15, -0.1) is 0 Å². The Morgan fingerprint density at radius 2 is 1.92 bits per heavy atom. The number of fused-ring (bicyclic) bond motifs is 1. The van der Waals surface area contributed by atoms with E-state index in [0.29, 0.717) is 18.5 Å². The maximum absolute atomic E-state index is 11.9. The molecule has 4 heteroatoms. The van der Waals surface area contributed by atoms with Gasteiger partial charge in [-0.05, 0) is 48.4 Å². The highest BCUT2D eigenvalue weighted by molar-refractivity contribution is 6.04. The molecule has 24 heavy (non-hydrogen) atoms. The smallest absolute Gasteiger partial charge is 0.337 e. The molecule has 0 radical (unpaired) electrons. The molecule has 132 valence electrons. The third kappa shape index (κ3) is 3.34. The second kappa shape index (κ2) is 6.98. The first-order valence-corrected chi connectivity index (χ1v) is 8.72. The summed E-state index contributed by atoms with van der Waals surface area (Å²) in [4.78, 5) is 11.9. The maximum Gasteiger partial charge on any atom is 0.337 e. The van der Waals surface area contributed by atoms with E-state index in [-0.39, 0.29) is 12.0 Å². The summed E-state index contributed by atoms with van der Waals surface area (Å²) in [6.07, 6.45) is 2.57. The maximum atomic E-state index is 11.9. The molecule has 4 nitrogen and oxygen atoms in total. The van der Waals surface area contributed by atoms with Crippen LogP contribution in [0.15, 0.2) is 12.1 Å². The number of aliphatic hydroxyl groups excluding tert-OH is 1. The molecule has 0 aliphatic rings. The predicted octanol–water partition coefficient (Wildman–Crippen LogP) is 4.28. The Hall–Kier alpha value is -1.81. The molecule has 0 amide bonds. The van der Waals surface area contributed by atoms with E-state index in [0.717, 1.165) is 35.0 Å². The number of aryl methyl sites for hydroxylation is 2. The lowest BCUT2D eigenvalue weighted by Crippen LogP contribution is -2.13. The summed E-state index contributed by atoms with van der Waals surface area (Å²) in [5.74, 6) is -0.892. The number of nitrogens with zero attached hydrogens (tertiary/aromatic N) is 1. The molecule has 2 aromatic rings. The molecule has 0 unspecified atom stereocenters. The largest absolute Gasteiger partial charge is 0.478 e. The fourth-order valence-corrected chi connectivity index (χ4v) is 3.35. The molecule has 0 aliphatic heterocycles. The van der Waals surface area contributed by atoms with Crippen LogP contribution in [0.3, 0.4) is 0 Å². The van der Waals surface area contributed by atoms with Crippen molar-refractivity contribution in [3.8, 4) is 0 Å². The first-order valence-electron chi connectivity index (χ1n) is 8.72. The summed E-state index contributed by atoms with van der Waals surface area (Å²) in [7, 11) is 0. The van der Waals surface area contributed by atoms with Gasteiger partial charge in [-0.3, -0.25) is 0 Å². The SMILES string of the molecule is CCCc1c(C)n(CCCO)c2c(C(=O)O)cc(C(C)(C)C)cc12. The van der Waals surface area contributed by atoms with Gasteiger partial charge >= 0.3 is 5.97 Å². The number of benzene rings is 1. The van der Waals surface area contributed by atoms with Gasteiger partial charge in [0.05, 0.1) is 11.1 Å². The topological polar surface area (TPSA) is 62.5 Å². The third-order valence-electron chi connectivity index (χ3n) is 4.68. The molecule has 1 aromatic carbocycles. The fourth-order valence-electron chi connectivity index (χ4n) is 3.35. The van der Waals surface area contributed by atoms with Crippen LogP contribution in [0.4, 0.5) is 0 Å². The number of rotatable bonds is 6. The van der Waals surface area contributed by atoms with Crippen molar-refractivity contribution in [2.45, 2.75) is 65.8 Å². The number of hydrogen-bond acceptors (Lipinski definition) is 2. The van der Waals surface area contributed by atoms with Crippen LogP contribution in [0, 0.1) is 6.92 Å². The molecule has 0 fully saturated rings. The van der Waals surface area contributed by atoms with Crippen molar-refractivity contribution < 1.29 is 15.0 Å². The van der Waals surface area contributed by atoms with Crippen molar-refractivity contribution in [3.05, 3.63) is 34.5 Å². The van der Waals surface area contributed by atoms with E-state index < -0.39 is 5.97 Å². The van der Waals surface area contributed by atoms with Gasteiger partial charge in [0.2, 0.25) is 0 Å². The van der Waals surface area contributed by atoms with Gasteiger partial charge in [-0.25, -0.2) is 4.79 Å². The number of carboxylic acids is 1. The molecule has 1 heterocycles. The van der Waals surface area contributed by atoms with Gasteiger partial charge in [-0.1, -0.05) is 34.1 Å². The number of carboxylic acid groups (broad SMARTS) is 1. The van der Waals surface area contributed by atoms with Crippen LogP contribution in [0.5, 0.6) is 0 Å². The molecular formula is C20H29NO3. The highest BCUT2D eigenvalue weighted by Gasteiger charge is 2.24. The van der Waals surface area contributed by atoms with Crippen LogP contribution in [0.1, 0.15) is 67.7 Å². The van der Waals surface area contributed by atoms with E-state index in [2.05, 4.69) is 45.3 Å². The highest BCUT2D eigenvalue weighted by Crippen LogP contribution is 2.35. The quantitative estimate of drug-likeness (QED) is 0.830. The van der Waals surface area contributed by atoms with Crippen LogP contribution in [0.25, 0.3) is 10.9 Å². The lowest BCUT2D eigenvalue weighted by molar-refractivity contribution is 0.0698. The average molecular weight is 331 g/mol. The Bertz CT molecular complexity index is 751. The van der Waals surface area contributed by atoms with Gasteiger partial charge in [-0.2, -0.15) is 0 Å². The number of aliphatic hydroxyl groups is 1. The van der Waals surface area contributed by atoms with Gasteiger partial charge in [0.1, 0.15) is 0 Å². The summed E-state index contributed by atoms with van der Waals surface area (Å²) in [5.41, 5.74) is 4.45. The lowest BCUT2D eigenvalue weighted by atomic mass is 9.84. The number of aromatic nitrogens is 1. The molecule has 0 aliphatic carbocycles. The van der Waals surface area contributed by atoms with Crippen molar-refractivity contribution >= 4 is 16.9 Å². The van der Waals surface area contributed by atoms with E-state index in [9.17, 15) is 15.0 Å². The van der Waals surface area contributed by atoms with Crippen LogP contribution < -0.4 is 0 Å². The van der Waals surface area contributed by atoms with Crippen molar-refractivity contribution in [2.75, 3.05) is 6.61 Å². The summed E-state index contributed by atoms with van der Waals surface area (Å²) < 4.78 is 2.08. The zero-order valence-corrected chi connectivity index (χ0v) is 15.4. The van der Waals surface area contributed by atoms with Gasteiger partial charge in [0.15, 0.2) is 0 Å². The summed E-state index contributed by atoms with van der Waals surface area (Å²) in [6, 6.07) is 3.98. The van der Waals surface area contributed by atoms with E-state index >= 15 is 0 Å². The van der Waals surface area contributed by atoms with E-state index in [1.165, 1.54) is 5.56 Å². The molecule has 0 atom stereocenters. The van der Waals surface area contributed by atoms with E-state index in [1.54, 1.807) is 0 Å². The summed E-state index contributed by atoms with van der Waals surface area (Å²) >= 11 is 0. The Morgan fingerprint density at radius 1 is 1.25 bits per heavy atom. The Morgan fingerprint density at radius 3 is 2.42 bits per heavy atom. The fraction of sp³-hybridized carbons (Fsp3) is 0.550. The minimum atomic E-state index is -0.892. The van der Waals surface area contributed by atoms with Gasteiger partial charge in [0, 0.05) is 24.2 Å². The van der Waals surface area contributed by atoms with Crippen LogP contribution in [0.2, 0.25) is 0 Å². The Kier molecular flexibility index (Phi) is 5.38. The molecule has 0 bridgehead atoms. The molecule has 2 N–H and O–H groups in total. The molecule has 1 aromatic heterocycles. The van der Waals surface area contributed by atoms with Crippen molar-refractivity contribution in [1.82, 2.24) is 4.57 Å². The van der Waals surface area contributed by atoms with Crippen molar-refractivity contribution in [2.24, 2.45) is 0 Å². The second-order valence-electron chi connectivity index (χ2n) is 7.52. The highest BCUT2D eigenvalue weighted by atomic mass is 16.4. The number of aromatic carboxylic acids is 1. The molecule has 0 saturated heterocycles. The van der Waals surface area contributed by atoms with Crippen LogP contribution in [-0.4, -0.2) is 27.4 Å². The minimum Gasteiger partial charge on any atom is -0.478 e. The Balaban J connectivity index is 2.87.